The number of carbonyl (C=O) groups excluding carboxylic acids is 1. The Labute approximate surface area is 116 Å². The van der Waals surface area contributed by atoms with Crippen LogP contribution in [0.15, 0.2) is 36.1 Å². The molecule has 0 aliphatic carbocycles. The second-order valence-corrected chi connectivity index (χ2v) is 4.42. The summed E-state index contributed by atoms with van der Waals surface area (Å²) >= 11 is 0. The summed E-state index contributed by atoms with van der Waals surface area (Å²) in [6, 6.07) is 5.45. The van der Waals surface area contributed by atoms with E-state index in [0.29, 0.717) is 0 Å². The number of ketones is 1. The second kappa shape index (κ2) is 4.66. The van der Waals surface area contributed by atoms with Crippen molar-refractivity contribution >= 4 is 11.9 Å². The van der Waals surface area contributed by atoms with E-state index in [1.54, 1.807) is 0 Å². The molecule has 21 heavy (non-hydrogen) atoms. The van der Waals surface area contributed by atoms with E-state index in [1.165, 1.54) is 18.2 Å². The molecule has 2 aromatic carbocycles. The Balaban J connectivity index is 2.01. The summed E-state index contributed by atoms with van der Waals surface area (Å²) in [4.78, 5) is 12.0. The molecule has 0 bridgehead atoms. The highest BCUT2D eigenvalue weighted by Gasteiger charge is 2.27. The Kier molecular flexibility index (Phi) is 2.94. The van der Waals surface area contributed by atoms with Crippen LogP contribution in [0, 0.1) is 17.5 Å². The van der Waals surface area contributed by atoms with Crippen LogP contribution < -0.4 is 4.74 Å². The van der Waals surface area contributed by atoms with E-state index in [9.17, 15) is 23.1 Å². The van der Waals surface area contributed by atoms with Crippen molar-refractivity contribution in [3.8, 4) is 11.5 Å². The number of rotatable bonds is 1. The van der Waals surface area contributed by atoms with E-state index in [4.69, 9.17) is 4.74 Å². The molecule has 1 N–H and O–H groups in total. The zero-order valence-electron chi connectivity index (χ0n) is 10.4. The highest BCUT2D eigenvalue weighted by atomic mass is 19.2. The molecule has 1 aliphatic rings. The van der Waals surface area contributed by atoms with Gasteiger partial charge in [0.1, 0.15) is 11.5 Å². The highest BCUT2D eigenvalue weighted by molar-refractivity contribution is 6.14. The van der Waals surface area contributed by atoms with Gasteiger partial charge in [-0.05, 0) is 35.9 Å². The molecular weight excluding hydrogens is 285 g/mol. The van der Waals surface area contributed by atoms with Gasteiger partial charge in [0.25, 0.3) is 0 Å². The zero-order chi connectivity index (χ0) is 15.1. The Morgan fingerprint density at radius 1 is 1.05 bits per heavy atom. The van der Waals surface area contributed by atoms with Crippen LogP contribution in [0.5, 0.6) is 11.5 Å². The molecule has 0 unspecified atom stereocenters. The standard InChI is InChI=1S/C15H7F3O3/c16-10-3-7(4-11(17)14(10)18)5-13-15(20)9-2-1-8(19)6-12(9)21-13/h1-6,19H. The zero-order valence-corrected chi connectivity index (χ0v) is 10.4. The van der Waals surface area contributed by atoms with Gasteiger partial charge in [-0.15, -0.1) is 0 Å². The minimum Gasteiger partial charge on any atom is -0.508 e. The lowest BCUT2D eigenvalue weighted by Crippen LogP contribution is -1.99. The van der Waals surface area contributed by atoms with Crippen LogP contribution in [0.3, 0.4) is 0 Å². The van der Waals surface area contributed by atoms with Crippen LogP contribution in [0.1, 0.15) is 15.9 Å². The molecule has 106 valence electrons. The molecule has 0 saturated heterocycles. The summed E-state index contributed by atoms with van der Waals surface area (Å²) in [5.41, 5.74) is 0.175. The Hall–Kier alpha value is -2.76. The van der Waals surface area contributed by atoms with Crippen LogP contribution in [0.25, 0.3) is 6.08 Å². The fourth-order valence-electron chi connectivity index (χ4n) is 1.99. The summed E-state index contributed by atoms with van der Waals surface area (Å²) < 4.78 is 44.3. The highest BCUT2D eigenvalue weighted by Crippen LogP contribution is 2.34. The predicted octanol–water partition coefficient (Wildman–Crippen LogP) is 3.43. The summed E-state index contributed by atoms with van der Waals surface area (Å²) in [5.74, 6) is -4.89. The molecule has 0 atom stereocenters. The van der Waals surface area contributed by atoms with Crippen molar-refractivity contribution in [2.45, 2.75) is 0 Å². The van der Waals surface area contributed by atoms with E-state index in [-0.39, 0.29) is 28.4 Å². The van der Waals surface area contributed by atoms with E-state index >= 15 is 0 Å². The van der Waals surface area contributed by atoms with Gasteiger partial charge in [0.2, 0.25) is 5.78 Å². The van der Waals surface area contributed by atoms with Crippen molar-refractivity contribution < 1.29 is 27.8 Å². The van der Waals surface area contributed by atoms with Crippen molar-refractivity contribution in [3.63, 3.8) is 0 Å². The number of halogens is 3. The molecular formula is C15H7F3O3. The molecule has 0 aromatic heterocycles. The lowest BCUT2D eigenvalue weighted by Gasteiger charge is -2.00. The number of benzene rings is 2. The van der Waals surface area contributed by atoms with Gasteiger partial charge in [0, 0.05) is 6.07 Å². The van der Waals surface area contributed by atoms with Crippen molar-refractivity contribution in [3.05, 3.63) is 64.7 Å². The molecule has 0 saturated carbocycles. The first-order valence-electron chi connectivity index (χ1n) is 5.87. The van der Waals surface area contributed by atoms with E-state index in [0.717, 1.165) is 18.2 Å². The molecule has 1 aliphatic heterocycles. The molecule has 3 rings (SSSR count). The quantitative estimate of drug-likeness (QED) is 0.647. The third-order valence-corrected chi connectivity index (χ3v) is 2.96. The van der Waals surface area contributed by atoms with Crippen molar-refractivity contribution in [2.24, 2.45) is 0 Å². The number of carbonyl (C=O) groups is 1. The lowest BCUT2D eigenvalue weighted by atomic mass is 10.1. The van der Waals surface area contributed by atoms with Gasteiger partial charge in [-0.2, -0.15) is 0 Å². The smallest absolute Gasteiger partial charge is 0.231 e. The van der Waals surface area contributed by atoms with Crippen LogP contribution in [0.4, 0.5) is 13.2 Å². The van der Waals surface area contributed by atoms with E-state index in [1.807, 2.05) is 0 Å². The molecule has 0 fully saturated rings. The van der Waals surface area contributed by atoms with Gasteiger partial charge >= 0.3 is 0 Å². The summed E-state index contributed by atoms with van der Waals surface area (Å²) in [7, 11) is 0. The Morgan fingerprint density at radius 2 is 1.71 bits per heavy atom. The average Bonchev–Trinajstić information content (AvgIpc) is 2.72. The molecule has 0 amide bonds. The van der Waals surface area contributed by atoms with Crippen molar-refractivity contribution in [1.82, 2.24) is 0 Å². The van der Waals surface area contributed by atoms with Gasteiger partial charge in [0.05, 0.1) is 5.56 Å². The van der Waals surface area contributed by atoms with Crippen LogP contribution in [-0.2, 0) is 0 Å². The first-order chi connectivity index (χ1) is 9.95. The maximum atomic E-state index is 13.1. The van der Waals surface area contributed by atoms with Crippen LogP contribution in [0.2, 0.25) is 0 Å². The number of fused-ring (bicyclic) bond motifs is 1. The fourth-order valence-corrected chi connectivity index (χ4v) is 1.99. The summed E-state index contributed by atoms with van der Waals surface area (Å²) in [5, 5.41) is 9.31. The van der Waals surface area contributed by atoms with Gasteiger partial charge in [-0.25, -0.2) is 13.2 Å². The Morgan fingerprint density at radius 3 is 2.38 bits per heavy atom. The molecule has 6 heteroatoms. The van der Waals surface area contributed by atoms with E-state index in [2.05, 4.69) is 0 Å². The summed E-state index contributed by atoms with van der Waals surface area (Å²) in [6.07, 6.45) is 1.10. The van der Waals surface area contributed by atoms with Gasteiger partial charge in [-0.3, -0.25) is 4.79 Å². The maximum absolute atomic E-state index is 13.1. The summed E-state index contributed by atoms with van der Waals surface area (Å²) in [6.45, 7) is 0. The number of aromatic hydroxyl groups is 1. The molecule has 3 nitrogen and oxygen atoms in total. The number of hydrogen-bond acceptors (Lipinski definition) is 3. The monoisotopic (exact) mass is 292 g/mol. The molecule has 0 radical (unpaired) electrons. The van der Waals surface area contributed by atoms with Crippen LogP contribution >= 0.6 is 0 Å². The first kappa shape index (κ1) is 13.2. The normalized spacial score (nSPS) is 15.2. The SMILES string of the molecule is O=C1C(=Cc2cc(F)c(F)c(F)c2)Oc2cc(O)ccc21. The van der Waals surface area contributed by atoms with Crippen molar-refractivity contribution in [2.75, 3.05) is 0 Å². The van der Waals surface area contributed by atoms with Crippen LogP contribution in [-0.4, -0.2) is 10.9 Å². The minimum atomic E-state index is -1.58. The number of allylic oxidation sites excluding steroid dienone is 1. The number of hydrogen-bond donors (Lipinski definition) is 1. The topological polar surface area (TPSA) is 46.5 Å². The van der Waals surface area contributed by atoms with Gasteiger partial charge in [-0.1, -0.05) is 0 Å². The molecule has 2 aromatic rings. The number of phenolic OH excluding ortho intramolecular Hbond substituents is 1. The molecule has 1 heterocycles. The van der Waals surface area contributed by atoms with E-state index < -0.39 is 23.2 Å². The lowest BCUT2D eigenvalue weighted by molar-refractivity contribution is 0.101. The number of Topliss-reactive ketones (excluding diaryl/α,β-unsaturated/α-hetero) is 1. The molecule has 0 spiro atoms. The number of ether oxygens (including phenoxy) is 1. The van der Waals surface area contributed by atoms with Crippen molar-refractivity contribution in [1.29, 1.82) is 0 Å². The first-order valence-corrected chi connectivity index (χ1v) is 5.87. The van der Waals surface area contributed by atoms with Gasteiger partial charge < -0.3 is 9.84 Å². The third kappa shape index (κ3) is 2.24. The average molecular weight is 292 g/mol. The number of phenols is 1. The fraction of sp³-hybridized carbons (Fsp3) is 0. The van der Waals surface area contributed by atoms with Gasteiger partial charge in [0.15, 0.2) is 23.2 Å². The Bertz CT molecular complexity index is 774. The largest absolute Gasteiger partial charge is 0.508 e. The second-order valence-electron chi connectivity index (χ2n) is 4.42. The predicted molar refractivity (Wildman–Crippen MR) is 67.4 cm³/mol. The third-order valence-electron chi connectivity index (χ3n) is 2.96. The maximum Gasteiger partial charge on any atom is 0.231 e. The minimum absolute atomic E-state index is 0.0493.